The summed E-state index contributed by atoms with van der Waals surface area (Å²) in [6.07, 6.45) is 3.64. The maximum Gasteiger partial charge on any atom is 0.201 e. The van der Waals surface area contributed by atoms with E-state index in [0.717, 1.165) is 18.6 Å². The lowest BCUT2D eigenvalue weighted by atomic mass is 10.1. The lowest BCUT2D eigenvalue weighted by Gasteiger charge is -2.39. The molecule has 1 fully saturated rings. The number of aryl methyl sites for hydroxylation is 1. The molecule has 0 bridgehead atoms. The molecule has 1 aromatic rings. The number of benzene rings is 1. The summed E-state index contributed by atoms with van der Waals surface area (Å²) in [5, 5.41) is 0. The summed E-state index contributed by atoms with van der Waals surface area (Å²) in [6, 6.07) is 8.45. The van der Waals surface area contributed by atoms with Gasteiger partial charge in [-0.2, -0.15) is 0 Å². The topological polar surface area (TPSA) is 9.23 Å². The third-order valence-corrected chi connectivity index (χ3v) is 6.02. The molecule has 3 rings (SSSR count). The van der Waals surface area contributed by atoms with Gasteiger partial charge in [0.2, 0.25) is 4.27 Å². The van der Waals surface area contributed by atoms with Crippen LogP contribution in [-0.4, -0.2) is 15.8 Å². The minimum absolute atomic E-state index is 0.0343. The Kier molecular flexibility index (Phi) is 2.61. The molecular weight excluding hydrogens is 224 g/mol. The van der Waals surface area contributed by atoms with Crippen molar-refractivity contribution in [3.05, 3.63) is 29.8 Å². The largest absolute Gasteiger partial charge is 0.467 e. The predicted octanol–water partition coefficient (Wildman–Crippen LogP) is 3.54. The number of hydrogen-bond acceptors (Lipinski definition) is 3. The van der Waals surface area contributed by atoms with Gasteiger partial charge in [-0.25, -0.2) is 0 Å². The Hall–Kier alpha value is -0.280. The fourth-order valence-electron chi connectivity index (χ4n) is 2.08. The highest BCUT2D eigenvalue weighted by Crippen LogP contribution is 2.49. The molecule has 2 aliphatic rings. The van der Waals surface area contributed by atoms with Gasteiger partial charge in [-0.15, -0.1) is 23.5 Å². The first-order valence-electron chi connectivity index (χ1n) is 5.43. The van der Waals surface area contributed by atoms with Crippen LogP contribution in [0, 0.1) is 0 Å². The van der Waals surface area contributed by atoms with Crippen molar-refractivity contribution in [3.8, 4) is 5.75 Å². The minimum Gasteiger partial charge on any atom is -0.467 e. The maximum absolute atomic E-state index is 6.19. The van der Waals surface area contributed by atoms with Crippen LogP contribution in [0.15, 0.2) is 24.3 Å². The van der Waals surface area contributed by atoms with Crippen LogP contribution >= 0.6 is 23.5 Å². The fourth-order valence-corrected chi connectivity index (χ4v) is 5.08. The Morgan fingerprint density at radius 3 is 2.80 bits per heavy atom. The third kappa shape index (κ3) is 1.87. The zero-order chi connectivity index (χ0) is 10.1. The molecule has 1 spiro atoms. The van der Waals surface area contributed by atoms with E-state index in [1.807, 2.05) is 23.5 Å². The molecule has 0 aromatic heterocycles. The van der Waals surface area contributed by atoms with Crippen LogP contribution in [0.4, 0.5) is 0 Å². The molecule has 2 heterocycles. The third-order valence-electron chi connectivity index (χ3n) is 2.87. The van der Waals surface area contributed by atoms with Crippen molar-refractivity contribution in [2.24, 2.45) is 0 Å². The van der Waals surface area contributed by atoms with E-state index in [4.69, 9.17) is 4.74 Å². The molecule has 0 N–H and O–H groups in total. The van der Waals surface area contributed by atoms with E-state index >= 15 is 0 Å². The number of thioether (sulfide) groups is 2. The van der Waals surface area contributed by atoms with Gasteiger partial charge in [-0.1, -0.05) is 18.2 Å². The zero-order valence-corrected chi connectivity index (χ0v) is 10.2. The molecule has 0 atom stereocenters. The van der Waals surface area contributed by atoms with Crippen LogP contribution in [0.3, 0.4) is 0 Å². The normalized spacial score (nSPS) is 23.2. The van der Waals surface area contributed by atoms with Crippen molar-refractivity contribution < 1.29 is 4.74 Å². The highest BCUT2D eigenvalue weighted by Gasteiger charge is 2.38. The van der Waals surface area contributed by atoms with Gasteiger partial charge in [-0.3, -0.25) is 0 Å². The van der Waals surface area contributed by atoms with Gasteiger partial charge in [0.15, 0.2) is 0 Å². The Morgan fingerprint density at radius 1 is 1.13 bits per heavy atom. The number of fused-ring (bicyclic) bond motifs is 1. The van der Waals surface area contributed by atoms with E-state index in [1.54, 1.807) is 0 Å². The second-order valence-electron chi connectivity index (χ2n) is 3.94. The van der Waals surface area contributed by atoms with Gasteiger partial charge in [0, 0.05) is 6.42 Å². The minimum atomic E-state index is 0.0343. The van der Waals surface area contributed by atoms with Crippen LogP contribution < -0.4 is 4.74 Å². The summed E-state index contributed by atoms with van der Waals surface area (Å²) in [5.41, 5.74) is 1.37. The Labute approximate surface area is 99.0 Å². The van der Waals surface area contributed by atoms with E-state index in [9.17, 15) is 0 Å². The molecule has 1 saturated heterocycles. The number of para-hydroxylation sites is 1. The smallest absolute Gasteiger partial charge is 0.201 e. The lowest BCUT2D eigenvalue weighted by molar-refractivity contribution is 0.224. The quantitative estimate of drug-likeness (QED) is 0.684. The summed E-state index contributed by atoms with van der Waals surface area (Å²) in [7, 11) is 0. The van der Waals surface area contributed by atoms with E-state index in [1.165, 1.54) is 23.5 Å². The first-order chi connectivity index (χ1) is 7.38. The standard InChI is InChI=1S/C12H14OS2/c1-2-5-11-10(4-1)6-7-12(13-11)14-8-3-9-15-12/h1-2,4-5H,3,6-9H2. The molecule has 3 heteroatoms. The highest BCUT2D eigenvalue weighted by atomic mass is 32.2. The number of ether oxygens (including phenoxy) is 1. The summed E-state index contributed by atoms with van der Waals surface area (Å²) in [4.78, 5) is 0. The van der Waals surface area contributed by atoms with Gasteiger partial charge in [-0.05, 0) is 36.0 Å². The Morgan fingerprint density at radius 2 is 1.93 bits per heavy atom. The second kappa shape index (κ2) is 3.95. The molecule has 1 nitrogen and oxygen atoms in total. The highest BCUT2D eigenvalue weighted by molar-refractivity contribution is 8.18. The van der Waals surface area contributed by atoms with Crippen molar-refractivity contribution >= 4 is 23.5 Å². The fraction of sp³-hybridized carbons (Fsp3) is 0.500. The van der Waals surface area contributed by atoms with E-state index in [0.29, 0.717) is 0 Å². The first-order valence-corrected chi connectivity index (χ1v) is 7.40. The molecule has 1 aromatic carbocycles. The van der Waals surface area contributed by atoms with Crippen molar-refractivity contribution in [1.29, 1.82) is 0 Å². The molecule has 0 unspecified atom stereocenters. The van der Waals surface area contributed by atoms with Gasteiger partial charge in [0.1, 0.15) is 5.75 Å². The van der Waals surface area contributed by atoms with E-state index < -0.39 is 0 Å². The van der Waals surface area contributed by atoms with Crippen LogP contribution in [-0.2, 0) is 6.42 Å². The van der Waals surface area contributed by atoms with Crippen LogP contribution in [0.1, 0.15) is 18.4 Å². The Bertz CT molecular complexity index is 358. The van der Waals surface area contributed by atoms with Crippen LogP contribution in [0.5, 0.6) is 5.75 Å². The summed E-state index contributed by atoms with van der Waals surface area (Å²) >= 11 is 3.98. The average molecular weight is 238 g/mol. The van der Waals surface area contributed by atoms with Crippen molar-refractivity contribution in [3.63, 3.8) is 0 Å². The average Bonchev–Trinajstić information content (AvgIpc) is 2.30. The molecule has 0 radical (unpaired) electrons. The van der Waals surface area contributed by atoms with Crippen LogP contribution in [0.2, 0.25) is 0 Å². The van der Waals surface area contributed by atoms with Crippen molar-refractivity contribution in [1.82, 2.24) is 0 Å². The van der Waals surface area contributed by atoms with Gasteiger partial charge < -0.3 is 4.74 Å². The predicted molar refractivity (Wildman–Crippen MR) is 67.7 cm³/mol. The molecule has 80 valence electrons. The SMILES string of the molecule is c1ccc2c(c1)CCC1(O2)SCCCS1. The molecule has 0 aliphatic carbocycles. The molecule has 0 saturated carbocycles. The summed E-state index contributed by atoms with van der Waals surface area (Å²) in [6.45, 7) is 0. The van der Waals surface area contributed by atoms with E-state index in [-0.39, 0.29) is 4.27 Å². The van der Waals surface area contributed by atoms with Gasteiger partial charge in [0.05, 0.1) is 0 Å². The Balaban J connectivity index is 1.87. The summed E-state index contributed by atoms with van der Waals surface area (Å²) in [5.74, 6) is 3.59. The van der Waals surface area contributed by atoms with E-state index in [2.05, 4.69) is 24.3 Å². The second-order valence-corrected chi connectivity index (χ2v) is 6.91. The zero-order valence-electron chi connectivity index (χ0n) is 8.57. The summed E-state index contributed by atoms with van der Waals surface area (Å²) < 4.78 is 6.22. The van der Waals surface area contributed by atoms with Gasteiger partial charge in [0.25, 0.3) is 0 Å². The molecule has 15 heavy (non-hydrogen) atoms. The number of hydrogen-bond donors (Lipinski definition) is 0. The molecular formula is C12H14OS2. The molecule has 0 amide bonds. The first kappa shape index (κ1) is 9.91. The number of rotatable bonds is 0. The maximum atomic E-state index is 6.19. The lowest BCUT2D eigenvalue weighted by Crippen LogP contribution is -2.35. The van der Waals surface area contributed by atoms with Crippen molar-refractivity contribution in [2.75, 3.05) is 11.5 Å². The van der Waals surface area contributed by atoms with Gasteiger partial charge >= 0.3 is 0 Å². The van der Waals surface area contributed by atoms with Crippen LogP contribution in [0.25, 0.3) is 0 Å². The monoisotopic (exact) mass is 238 g/mol. The molecule has 2 aliphatic heterocycles. The van der Waals surface area contributed by atoms with Crippen molar-refractivity contribution in [2.45, 2.75) is 23.5 Å².